The van der Waals surface area contributed by atoms with Gasteiger partial charge in [0, 0.05) is 23.9 Å². The summed E-state index contributed by atoms with van der Waals surface area (Å²) in [6, 6.07) is 0.366. The van der Waals surface area contributed by atoms with E-state index in [-0.39, 0.29) is 34.1 Å². The van der Waals surface area contributed by atoms with Gasteiger partial charge >= 0.3 is 0 Å². The molecule has 4 nitrogen and oxygen atoms in total. The minimum atomic E-state index is -0.158. The van der Waals surface area contributed by atoms with Gasteiger partial charge in [0.2, 0.25) is 11.8 Å². The van der Waals surface area contributed by atoms with Crippen LogP contribution in [0.4, 0.5) is 0 Å². The molecule has 4 aliphatic rings. The Hall–Kier alpha value is -1.06. The van der Waals surface area contributed by atoms with Gasteiger partial charge in [-0.05, 0) is 94.3 Å². The Morgan fingerprint density at radius 2 is 1.70 bits per heavy atom. The van der Waals surface area contributed by atoms with Crippen molar-refractivity contribution in [1.29, 1.82) is 0 Å². The second kappa shape index (κ2) is 6.22. The van der Waals surface area contributed by atoms with Gasteiger partial charge in [-0.15, -0.1) is 0 Å². The highest BCUT2D eigenvalue weighted by molar-refractivity contribution is 5.80. The molecule has 0 spiro atoms. The third-order valence-corrected chi connectivity index (χ3v) is 8.91. The summed E-state index contributed by atoms with van der Waals surface area (Å²) >= 11 is 0. The van der Waals surface area contributed by atoms with E-state index < -0.39 is 0 Å². The van der Waals surface area contributed by atoms with Crippen LogP contribution in [0.3, 0.4) is 0 Å². The second-order valence-electron chi connectivity index (χ2n) is 11.5. The van der Waals surface area contributed by atoms with E-state index in [1.165, 1.54) is 19.3 Å². The van der Waals surface area contributed by atoms with E-state index in [2.05, 4.69) is 45.3 Å². The lowest BCUT2D eigenvalue weighted by molar-refractivity contribution is -0.142. The standard InChI is InChI=1S/C23H38N2O2/c1-21(2,3)25-20(27)17-8-7-15-14-6-9-18-23(5,13-11-19(26)24-18)16(14)10-12-22(15,17)4/h14-18H,6-13H2,1-5H3,(H,24,26)(H,25,27)/t14?,15?,16?,17-,18+,22?,23?/m1/s1. The van der Waals surface area contributed by atoms with Crippen molar-refractivity contribution in [3.63, 3.8) is 0 Å². The minimum Gasteiger partial charge on any atom is -0.353 e. The van der Waals surface area contributed by atoms with Gasteiger partial charge in [0.15, 0.2) is 0 Å². The summed E-state index contributed by atoms with van der Waals surface area (Å²) < 4.78 is 0. The molecule has 1 heterocycles. The summed E-state index contributed by atoms with van der Waals surface area (Å²) in [5, 5.41) is 6.57. The molecule has 2 amide bonds. The number of fused-ring (bicyclic) bond motifs is 5. The van der Waals surface area contributed by atoms with Crippen LogP contribution in [0.15, 0.2) is 0 Å². The number of amides is 2. The van der Waals surface area contributed by atoms with Crippen LogP contribution in [0.25, 0.3) is 0 Å². The van der Waals surface area contributed by atoms with Crippen LogP contribution in [0.5, 0.6) is 0 Å². The van der Waals surface area contributed by atoms with Gasteiger partial charge in [-0.2, -0.15) is 0 Å². The van der Waals surface area contributed by atoms with Crippen LogP contribution < -0.4 is 10.6 Å². The van der Waals surface area contributed by atoms with Crippen molar-refractivity contribution in [3.05, 3.63) is 0 Å². The molecule has 7 atom stereocenters. The molecule has 3 saturated carbocycles. The van der Waals surface area contributed by atoms with E-state index in [9.17, 15) is 9.59 Å². The molecular formula is C23H38N2O2. The van der Waals surface area contributed by atoms with E-state index in [1.54, 1.807) is 0 Å². The lowest BCUT2D eigenvalue weighted by Gasteiger charge is -2.60. The van der Waals surface area contributed by atoms with Crippen molar-refractivity contribution >= 4 is 11.8 Å². The van der Waals surface area contributed by atoms with Crippen LogP contribution in [-0.4, -0.2) is 23.4 Å². The van der Waals surface area contributed by atoms with Crippen molar-refractivity contribution in [2.45, 2.75) is 97.6 Å². The highest BCUT2D eigenvalue weighted by atomic mass is 16.2. The zero-order chi connectivity index (χ0) is 19.6. The molecule has 152 valence electrons. The monoisotopic (exact) mass is 374 g/mol. The van der Waals surface area contributed by atoms with E-state index in [4.69, 9.17) is 0 Å². The fourth-order valence-corrected chi connectivity index (χ4v) is 7.59. The van der Waals surface area contributed by atoms with Gasteiger partial charge in [0.1, 0.15) is 0 Å². The van der Waals surface area contributed by atoms with Crippen LogP contribution in [0, 0.1) is 34.5 Å². The number of hydrogen-bond donors (Lipinski definition) is 2. The molecule has 2 N–H and O–H groups in total. The smallest absolute Gasteiger partial charge is 0.224 e. The fraction of sp³-hybridized carbons (Fsp3) is 0.913. The third kappa shape index (κ3) is 3.02. The Bertz CT molecular complexity index is 639. The van der Waals surface area contributed by atoms with Gasteiger partial charge in [0.25, 0.3) is 0 Å². The average molecular weight is 375 g/mol. The molecule has 4 heteroatoms. The number of piperidine rings is 1. The third-order valence-electron chi connectivity index (χ3n) is 8.91. The number of carbonyl (C=O) groups excluding carboxylic acids is 2. The first kappa shape index (κ1) is 19.3. The molecule has 1 saturated heterocycles. The van der Waals surface area contributed by atoms with E-state index in [1.807, 2.05) is 0 Å². The van der Waals surface area contributed by atoms with Crippen molar-refractivity contribution in [2.75, 3.05) is 0 Å². The predicted octanol–water partition coefficient (Wildman–Crippen LogP) is 4.04. The van der Waals surface area contributed by atoms with Crippen molar-refractivity contribution < 1.29 is 9.59 Å². The SMILES string of the molecule is CC(C)(C)NC(=O)[C@H]1CCC2C3CC[C@@H]4NC(=O)CCC4(C)C3CCC21C. The minimum absolute atomic E-state index is 0.150. The molecule has 27 heavy (non-hydrogen) atoms. The molecule has 5 unspecified atom stereocenters. The number of carbonyl (C=O) groups is 2. The Morgan fingerprint density at radius 1 is 1.00 bits per heavy atom. The van der Waals surface area contributed by atoms with Crippen LogP contribution in [0.2, 0.25) is 0 Å². The lowest BCUT2D eigenvalue weighted by atomic mass is 9.47. The summed E-state index contributed by atoms with van der Waals surface area (Å²) in [5.74, 6) is 2.79. The average Bonchev–Trinajstić information content (AvgIpc) is 2.91. The highest BCUT2D eigenvalue weighted by Crippen LogP contribution is 2.65. The van der Waals surface area contributed by atoms with Gasteiger partial charge < -0.3 is 10.6 Å². The quantitative estimate of drug-likeness (QED) is 0.728. The lowest BCUT2D eigenvalue weighted by Crippen LogP contribution is -2.61. The van der Waals surface area contributed by atoms with Crippen molar-refractivity contribution in [3.8, 4) is 0 Å². The maximum absolute atomic E-state index is 13.0. The van der Waals surface area contributed by atoms with Crippen molar-refractivity contribution in [2.24, 2.45) is 34.5 Å². The molecule has 0 bridgehead atoms. The van der Waals surface area contributed by atoms with Crippen LogP contribution in [0.1, 0.15) is 86.0 Å². The first-order valence-corrected chi connectivity index (χ1v) is 11.2. The highest BCUT2D eigenvalue weighted by Gasteiger charge is 2.61. The first-order chi connectivity index (χ1) is 12.5. The number of nitrogens with one attached hydrogen (secondary N) is 2. The fourth-order valence-electron chi connectivity index (χ4n) is 7.59. The topological polar surface area (TPSA) is 58.2 Å². The summed E-state index contributed by atoms with van der Waals surface area (Å²) in [7, 11) is 0. The zero-order valence-corrected chi connectivity index (χ0v) is 17.9. The van der Waals surface area contributed by atoms with Gasteiger partial charge in [-0.25, -0.2) is 0 Å². The maximum Gasteiger partial charge on any atom is 0.224 e. The summed E-state index contributed by atoms with van der Waals surface area (Å²) in [5.41, 5.74) is 0.246. The molecule has 0 aromatic carbocycles. The summed E-state index contributed by atoms with van der Waals surface area (Å²) in [4.78, 5) is 25.0. The molecular weight excluding hydrogens is 336 g/mol. The van der Waals surface area contributed by atoms with Crippen LogP contribution in [-0.2, 0) is 9.59 Å². The van der Waals surface area contributed by atoms with E-state index in [0.717, 1.165) is 31.6 Å². The van der Waals surface area contributed by atoms with Gasteiger partial charge in [-0.1, -0.05) is 13.8 Å². The molecule has 1 aliphatic heterocycles. The Morgan fingerprint density at radius 3 is 2.41 bits per heavy atom. The largest absolute Gasteiger partial charge is 0.353 e. The van der Waals surface area contributed by atoms with Crippen molar-refractivity contribution in [1.82, 2.24) is 10.6 Å². The Labute approximate surface area is 164 Å². The zero-order valence-electron chi connectivity index (χ0n) is 17.9. The number of rotatable bonds is 1. The van der Waals surface area contributed by atoms with Crippen LogP contribution >= 0.6 is 0 Å². The molecule has 0 aromatic heterocycles. The Kier molecular flexibility index (Phi) is 4.44. The maximum atomic E-state index is 13.0. The van der Waals surface area contributed by atoms with E-state index >= 15 is 0 Å². The molecule has 4 rings (SSSR count). The van der Waals surface area contributed by atoms with E-state index in [0.29, 0.717) is 24.3 Å². The second-order valence-corrected chi connectivity index (χ2v) is 11.5. The molecule has 0 radical (unpaired) electrons. The van der Waals surface area contributed by atoms with Gasteiger partial charge in [0.05, 0.1) is 0 Å². The molecule has 4 fully saturated rings. The predicted molar refractivity (Wildman–Crippen MR) is 107 cm³/mol. The normalized spacial score (nSPS) is 46.7. The first-order valence-electron chi connectivity index (χ1n) is 11.2. The summed E-state index contributed by atoms with van der Waals surface area (Å²) in [6.45, 7) is 11.1. The molecule has 3 aliphatic carbocycles. The number of hydrogen-bond acceptors (Lipinski definition) is 2. The van der Waals surface area contributed by atoms with Gasteiger partial charge in [-0.3, -0.25) is 9.59 Å². The Balaban J connectivity index is 1.55. The molecule has 0 aromatic rings. The summed E-state index contributed by atoms with van der Waals surface area (Å²) in [6.07, 6.45) is 8.71.